The van der Waals surface area contributed by atoms with E-state index in [0.717, 1.165) is 0 Å². The molecule has 0 unspecified atom stereocenters. The maximum absolute atomic E-state index is 13.7. The topological polar surface area (TPSA) is 76.7 Å². The number of methoxy groups -OCH3 is 2. The Morgan fingerprint density at radius 2 is 1.41 bits per heavy atom. The summed E-state index contributed by atoms with van der Waals surface area (Å²) in [5.74, 6) is -13.0. The van der Waals surface area contributed by atoms with Crippen molar-refractivity contribution in [1.82, 2.24) is 5.32 Å². The average molecular weight is 504 g/mol. The van der Waals surface area contributed by atoms with E-state index >= 15 is 0 Å². The van der Waals surface area contributed by atoms with E-state index in [4.69, 9.17) is 21.1 Å². The third-order valence-corrected chi connectivity index (χ3v) is 4.32. The highest BCUT2D eigenvalue weighted by Gasteiger charge is 2.29. The predicted molar refractivity (Wildman–Crippen MR) is 95.0 cm³/mol. The Labute approximate surface area is 173 Å². The quantitative estimate of drug-likeness (QED) is 0.358. The van der Waals surface area contributed by atoms with Crippen molar-refractivity contribution in [1.29, 1.82) is 0 Å². The van der Waals surface area contributed by atoms with Crippen LogP contribution in [0.4, 0.5) is 32.4 Å². The molecule has 0 aliphatic carbocycles. The van der Waals surface area contributed by atoms with Crippen molar-refractivity contribution in [3.8, 4) is 11.5 Å². The van der Waals surface area contributed by atoms with Crippen LogP contribution in [0, 0.1) is 29.1 Å². The number of halogens is 7. The van der Waals surface area contributed by atoms with Crippen LogP contribution in [-0.2, 0) is 0 Å². The maximum atomic E-state index is 13.7. The predicted octanol–water partition coefficient (Wildman–Crippen LogP) is 4.78. The van der Waals surface area contributed by atoms with Gasteiger partial charge in [-0.2, -0.15) is 0 Å². The smallest absolute Gasteiger partial charge is 0.326 e. The van der Waals surface area contributed by atoms with E-state index in [-0.39, 0.29) is 26.6 Å². The molecule has 0 fully saturated rings. The highest BCUT2D eigenvalue weighted by Crippen LogP contribution is 2.41. The third kappa shape index (κ3) is 4.22. The van der Waals surface area contributed by atoms with Gasteiger partial charge in [0.05, 0.1) is 23.7 Å². The second-order valence-electron chi connectivity index (χ2n) is 5.13. The van der Waals surface area contributed by atoms with Gasteiger partial charge in [0.15, 0.2) is 29.0 Å². The maximum Gasteiger partial charge on any atom is 0.326 e. The summed E-state index contributed by atoms with van der Waals surface area (Å²) in [6.45, 7) is 0. The van der Waals surface area contributed by atoms with E-state index < -0.39 is 46.7 Å². The Balaban J connectivity index is 2.38. The number of hydrogen-bond donors (Lipinski definition) is 2. The number of carbonyl (C=O) groups is 2. The first-order chi connectivity index (χ1) is 13.5. The summed E-state index contributed by atoms with van der Waals surface area (Å²) in [5, 5.41) is 3.00. The second kappa shape index (κ2) is 8.82. The first-order valence-electron chi connectivity index (χ1n) is 7.28. The second-order valence-corrected chi connectivity index (χ2v) is 6.40. The molecule has 29 heavy (non-hydrogen) atoms. The summed E-state index contributed by atoms with van der Waals surface area (Å²) in [4.78, 5) is 24.4. The van der Waals surface area contributed by atoms with Gasteiger partial charge in [0.25, 0.3) is 5.91 Å². The van der Waals surface area contributed by atoms with Crippen LogP contribution in [0.5, 0.6) is 11.5 Å². The molecule has 2 aromatic carbocycles. The van der Waals surface area contributed by atoms with Crippen LogP contribution in [-0.4, -0.2) is 26.2 Å². The number of amides is 3. The molecule has 6 nitrogen and oxygen atoms in total. The summed E-state index contributed by atoms with van der Waals surface area (Å²) >= 11 is 9.04. The highest BCUT2D eigenvalue weighted by atomic mass is 79.9. The molecule has 0 radical (unpaired) electrons. The zero-order valence-corrected chi connectivity index (χ0v) is 16.7. The fourth-order valence-electron chi connectivity index (χ4n) is 2.21. The van der Waals surface area contributed by atoms with Gasteiger partial charge in [0, 0.05) is 0 Å². The average Bonchev–Trinajstić information content (AvgIpc) is 2.67. The largest absolute Gasteiger partial charge is 0.495 e. The number of hydrogen-bond acceptors (Lipinski definition) is 4. The number of imide groups is 1. The molecule has 0 saturated heterocycles. The molecule has 0 aliphatic heterocycles. The molecule has 0 heterocycles. The first-order valence-corrected chi connectivity index (χ1v) is 8.45. The third-order valence-electron chi connectivity index (χ3n) is 3.45. The summed E-state index contributed by atoms with van der Waals surface area (Å²) in [7, 11) is 2.36. The summed E-state index contributed by atoms with van der Waals surface area (Å²) in [6.07, 6.45) is 0. The summed E-state index contributed by atoms with van der Waals surface area (Å²) in [5.41, 5.74) is -2.01. The first kappa shape index (κ1) is 22.7. The summed E-state index contributed by atoms with van der Waals surface area (Å²) < 4.78 is 77.0. The van der Waals surface area contributed by atoms with Gasteiger partial charge in [0.1, 0.15) is 17.0 Å². The van der Waals surface area contributed by atoms with Gasteiger partial charge in [-0.3, -0.25) is 10.1 Å². The number of carbonyl (C=O) groups excluding carboxylic acids is 2. The lowest BCUT2D eigenvalue weighted by Crippen LogP contribution is -2.35. The van der Waals surface area contributed by atoms with Crippen molar-refractivity contribution in [2.45, 2.75) is 0 Å². The lowest BCUT2D eigenvalue weighted by molar-refractivity contribution is 0.0960. The molecule has 13 heteroatoms. The van der Waals surface area contributed by atoms with Gasteiger partial charge >= 0.3 is 6.03 Å². The molecule has 3 amide bonds. The monoisotopic (exact) mass is 502 g/mol. The minimum Gasteiger partial charge on any atom is -0.495 e. The van der Waals surface area contributed by atoms with Crippen LogP contribution < -0.4 is 20.1 Å². The van der Waals surface area contributed by atoms with Crippen molar-refractivity contribution in [3.05, 3.63) is 50.2 Å². The van der Waals surface area contributed by atoms with Crippen LogP contribution in [0.1, 0.15) is 10.4 Å². The van der Waals surface area contributed by atoms with E-state index in [0.29, 0.717) is 0 Å². The highest BCUT2D eigenvalue weighted by molar-refractivity contribution is 9.10. The molecular weight excluding hydrogens is 495 g/mol. The van der Waals surface area contributed by atoms with Crippen LogP contribution in [0.15, 0.2) is 10.5 Å². The molecule has 0 aliphatic rings. The van der Waals surface area contributed by atoms with Crippen LogP contribution in [0.2, 0.25) is 5.02 Å². The Hall–Kier alpha value is -2.60. The van der Waals surface area contributed by atoms with E-state index in [1.807, 2.05) is 0 Å². The molecule has 0 bridgehead atoms. The van der Waals surface area contributed by atoms with Crippen molar-refractivity contribution >= 4 is 45.2 Å². The Bertz CT molecular complexity index is 965. The Morgan fingerprint density at radius 3 is 1.90 bits per heavy atom. The number of urea groups is 1. The molecule has 0 saturated carbocycles. The van der Waals surface area contributed by atoms with Gasteiger partial charge in [-0.25, -0.2) is 26.7 Å². The summed E-state index contributed by atoms with van der Waals surface area (Å²) in [6, 6.07) is -0.261. The van der Waals surface area contributed by atoms with Gasteiger partial charge < -0.3 is 14.8 Å². The SMILES string of the molecule is COc1c(Cl)cc(Br)c(OC)c1C(=O)NC(=O)Nc1c(F)c(F)c(F)c(F)c1F. The van der Waals surface area contributed by atoms with Crippen molar-refractivity contribution < 1.29 is 41.0 Å². The number of benzene rings is 2. The van der Waals surface area contributed by atoms with Crippen LogP contribution in [0.3, 0.4) is 0 Å². The van der Waals surface area contributed by atoms with Gasteiger partial charge in [0.2, 0.25) is 5.82 Å². The minimum absolute atomic E-state index is 0.0505. The van der Waals surface area contributed by atoms with Crippen LogP contribution >= 0.6 is 27.5 Å². The van der Waals surface area contributed by atoms with E-state index in [2.05, 4.69) is 15.9 Å². The molecule has 2 rings (SSSR count). The zero-order valence-electron chi connectivity index (χ0n) is 14.4. The van der Waals surface area contributed by atoms with E-state index in [9.17, 15) is 31.5 Å². The molecule has 0 spiro atoms. The van der Waals surface area contributed by atoms with Crippen LogP contribution in [0.25, 0.3) is 0 Å². The molecule has 156 valence electrons. The fraction of sp³-hybridized carbons (Fsp3) is 0.125. The lowest BCUT2D eigenvalue weighted by Gasteiger charge is -2.16. The number of anilines is 1. The Morgan fingerprint density at radius 1 is 0.931 bits per heavy atom. The van der Waals surface area contributed by atoms with Crippen molar-refractivity contribution in [2.24, 2.45) is 0 Å². The number of nitrogens with one attached hydrogen (secondary N) is 2. The Kier molecular flexibility index (Phi) is 6.90. The lowest BCUT2D eigenvalue weighted by atomic mass is 10.1. The number of rotatable bonds is 4. The van der Waals surface area contributed by atoms with E-state index in [1.165, 1.54) is 25.6 Å². The molecule has 0 atom stereocenters. The van der Waals surface area contributed by atoms with Gasteiger partial charge in [-0.15, -0.1) is 0 Å². The van der Waals surface area contributed by atoms with Gasteiger partial charge in [-0.05, 0) is 22.0 Å². The molecular formula is C16H9BrClF5N2O4. The minimum atomic E-state index is -2.40. The van der Waals surface area contributed by atoms with Crippen molar-refractivity contribution in [2.75, 3.05) is 19.5 Å². The molecule has 2 N–H and O–H groups in total. The number of ether oxygens (including phenoxy) is 2. The zero-order chi connectivity index (χ0) is 22.0. The van der Waals surface area contributed by atoms with Gasteiger partial charge in [-0.1, -0.05) is 11.6 Å². The normalized spacial score (nSPS) is 10.5. The fourth-order valence-corrected chi connectivity index (χ4v) is 3.22. The molecule has 2 aromatic rings. The van der Waals surface area contributed by atoms with E-state index in [1.54, 1.807) is 5.32 Å². The van der Waals surface area contributed by atoms with Crippen molar-refractivity contribution in [3.63, 3.8) is 0 Å². The standard InChI is InChI=1S/C16H9BrClF5N2O4/c1-28-13-4(17)3-5(18)14(29-2)6(13)15(26)25-16(27)24-12-10(22)8(20)7(19)9(21)11(12)23/h3H,1-2H3,(H2,24,25,26,27). The molecule has 0 aromatic heterocycles.